The first kappa shape index (κ1) is 20.0. The molecule has 6 aliphatic rings. The van der Waals surface area contributed by atoms with Crippen molar-refractivity contribution in [1.82, 2.24) is 5.32 Å². The van der Waals surface area contributed by atoms with E-state index in [1.165, 1.54) is 38.5 Å². The quantitative estimate of drug-likeness (QED) is 0.551. The zero-order valence-electron chi connectivity index (χ0n) is 19.4. The second-order valence-corrected chi connectivity index (χ2v) is 12.2. The molecule has 3 heteroatoms. The smallest absolute Gasteiger partial charge is 0.0937 e. The van der Waals surface area contributed by atoms with Gasteiger partial charge >= 0.3 is 0 Å². The summed E-state index contributed by atoms with van der Waals surface area (Å²) in [5, 5.41) is 14.1. The van der Waals surface area contributed by atoms with Gasteiger partial charge in [0.1, 0.15) is 0 Å². The minimum atomic E-state index is -0.111. The number of fused-ring (bicyclic) bond motifs is 6. The minimum Gasteiger partial charge on any atom is -0.393 e. The molecule has 10 atom stereocenters. The van der Waals surface area contributed by atoms with Crippen LogP contribution in [-0.2, 0) is 4.74 Å². The molecule has 1 spiro atoms. The third-order valence-corrected chi connectivity index (χ3v) is 10.9. The molecule has 0 bridgehead atoms. The van der Waals surface area contributed by atoms with Crippen LogP contribution in [-0.4, -0.2) is 35.5 Å². The standard InChI is InChI=1S/C27H41NO2/c1-15-11-24-25(28-14-15)17(3)27(30-24)10-8-20-21-6-5-18-12-19(29)7-9-26(18,4)23(21)13-22(20)16(27)2/h5,15,17,19-21,23-25,28-29H,6-14H2,1-4H3/t15-,17+,19-,20-,21?,23?,24+,25-,26-,27-/m0/s1. The van der Waals surface area contributed by atoms with Crippen LogP contribution in [0.3, 0.4) is 0 Å². The highest BCUT2D eigenvalue weighted by atomic mass is 16.5. The van der Waals surface area contributed by atoms with Gasteiger partial charge in [-0.25, -0.2) is 0 Å². The van der Waals surface area contributed by atoms with Gasteiger partial charge in [-0.05, 0) is 99.5 Å². The number of hydrogen-bond acceptors (Lipinski definition) is 3. The van der Waals surface area contributed by atoms with Gasteiger partial charge in [-0.3, -0.25) is 0 Å². The molecule has 6 rings (SSSR count). The first-order valence-electron chi connectivity index (χ1n) is 12.8. The predicted molar refractivity (Wildman–Crippen MR) is 120 cm³/mol. The van der Waals surface area contributed by atoms with Gasteiger partial charge in [-0.2, -0.15) is 0 Å². The summed E-state index contributed by atoms with van der Waals surface area (Å²) in [6.45, 7) is 10.9. The van der Waals surface area contributed by atoms with Gasteiger partial charge in [0.25, 0.3) is 0 Å². The van der Waals surface area contributed by atoms with Crippen LogP contribution in [0.1, 0.15) is 79.1 Å². The molecule has 2 unspecified atom stereocenters. The molecule has 30 heavy (non-hydrogen) atoms. The number of hydrogen-bond donors (Lipinski definition) is 2. The van der Waals surface area contributed by atoms with Crippen LogP contribution < -0.4 is 5.32 Å². The monoisotopic (exact) mass is 411 g/mol. The number of ether oxygens (including phenoxy) is 1. The Kier molecular flexibility index (Phi) is 4.46. The minimum absolute atomic E-state index is 0.0222. The van der Waals surface area contributed by atoms with Crippen molar-refractivity contribution in [3.8, 4) is 0 Å². The molecular weight excluding hydrogens is 370 g/mol. The summed E-state index contributed by atoms with van der Waals surface area (Å²) in [7, 11) is 0. The van der Waals surface area contributed by atoms with Crippen LogP contribution in [0.25, 0.3) is 0 Å². The lowest BCUT2D eigenvalue weighted by Gasteiger charge is -2.49. The number of piperidine rings is 1. The van der Waals surface area contributed by atoms with Gasteiger partial charge in [0.15, 0.2) is 0 Å². The highest BCUT2D eigenvalue weighted by Gasteiger charge is 2.60. The molecule has 2 saturated carbocycles. The summed E-state index contributed by atoms with van der Waals surface area (Å²) in [5.74, 6) is 3.64. The number of nitrogens with one attached hydrogen (secondary N) is 1. The molecule has 0 aromatic rings. The normalized spacial score (nSPS) is 55.0. The Morgan fingerprint density at radius 2 is 2.00 bits per heavy atom. The molecule has 0 radical (unpaired) electrons. The number of aliphatic hydroxyl groups is 1. The van der Waals surface area contributed by atoms with E-state index in [4.69, 9.17) is 4.74 Å². The van der Waals surface area contributed by atoms with Crippen molar-refractivity contribution in [2.75, 3.05) is 6.54 Å². The molecule has 3 nitrogen and oxygen atoms in total. The van der Waals surface area contributed by atoms with Gasteiger partial charge in [0.2, 0.25) is 0 Å². The average molecular weight is 412 g/mol. The largest absolute Gasteiger partial charge is 0.393 e. The lowest BCUT2D eigenvalue weighted by Crippen LogP contribution is -2.49. The molecule has 4 aliphatic carbocycles. The Morgan fingerprint density at radius 3 is 2.83 bits per heavy atom. The second-order valence-electron chi connectivity index (χ2n) is 12.2. The highest BCUT2D eigenvalue weighted by molar-refractivity contribution is 5.38. The molecular formula is C27H41NO2. The van der Waals surface area contributed by atoms with E-state index in [-0.39, 0.29) is 11.7 Å². The van der Waals surface area contributed by atoms with E-state index >= 15 is 0 Å². The topological polar surface area (TPSA) is 41.5 Å². The van der Waals surface area contributed by atoms with Gasteiger partial charge in [0.05, 0.1) is 17.8 Å². The Bertz CT molecular complexity index is 801. The van der Waals surface area contributed by atoms with Crippen LogP contribution in [0.5, 0.6) is 0 Å². The van der Waals surface area contributed by atoms with Crippen molar-refractivity contribution in [1.29, 1.82) is 0 Å². The molecule has 0 aromatic carbocycles. The van der Waals surface area contributed by atoms with Gasteiger partial charge in [0, 0.05) is 12.0 Å². The molecule has 2 aliphatic heterocycles. The summed E-state index contributed by atoms with van der Waals surface area (Å²) >= 11 is 0. The lowest BCUT2D eigenvalue weighted by molar-refractivity contribution is -0.0549. The van der Waals surface area contributed by atoms with Crippen LogP contribution in [0, 0.1) is 35.0 Å². The summed E-state index contributed by atoms with van der Waals surface area (Å²) in [4.78, 5) is 0. The SMILES string of the molecule is CC1=C2CC3C(CC=C4C[C@@H](O)CC[C@@]43C)[C@@H]2CC[C@]12O[C@@H]1C[C@H](C)CN[C@H]1[C@H]2C. The van der Waals surface area contributed by atoms with E-state index in [0.29, 0.717) is 23.5 Å². The summed E-state index contributed by atoms with van der Waals surface area (Å²) in [6.07, 6.45) is 12.2. The van der Waals surface area contributed by atoms with Crippen molar-refractivity contribution in [2.24, 2.45) is 35.0 Å². The van der Waals surface area contributed by atoms with E-state index in [2.05, 4.69) is 39.1 Å². The van der Waals surface area contributed by atoms with Crippen molar-refractivity contribution >= 4 is 0 Å². The van der Waals surface area contributed by atoms with Gasteiger partial charge < -0.3 is 15.2 Å². The summed E-state index contributed by atoms with van der Waals surface area (Å²) in [6, 6.07) is 0.530. The maximum absolute atomic E-state index is 10.3. The first-order chi connectivity index (χ1) is 14.3. The predicted octanol–water partition coefficient (Wildman–Crippen LogP) is 5.00. The van der Waals surface area contributed by atoms with E-state index in [1.807, 2.05) is 0 Å². The lowest BCUT2D eigenvalue weighted by atomic mass is 9.56. The van der Waals surface area contributed by atoms with Crippen LogP contribution in [0.4, 0.5) is 0 Å². The maximum Gasteiger partial charge on any atom is 0.0937 e. The fourth-order valence-electron chi connectivity index (χ4n) is 9.09. The fourth-order valence-corrected chi connectivity index (χ4v) is 9.09. The maximum atomic E-state index is 10.3. The van der Waals surface area contributed by atoms with Crippen molar-refractivity contribution in [3.63, 3.8) is 0 Å². The van der Waals surface area contributed by atoms with E-state index in [1.54, 1.807) is 16.7 Å². The summed E-state index contributed by atoms with van der Waals surface area (Å²) in [5.41, 5.74) is 5.25. The third-order valence-electron chi connectivity index (χ3n) is 10.9. The van der Waals surface area contributed by atoms with E-state index < -0.39 is 0 Å². The molecule has 4 fully saturated rings. The number of allylic oxidation sites excluding steroid dienone is 2. The van der Waals surface area contributed by atoms with E-state index in [9.17, 15) is 5.11 Å². The molecule has 166 valence electrons. The van der Waals surface area contributed by atoms with Gasteiger partial charge in [-0.1, -0.05) is 38.0 Å². The van der Waals surface area contributed by atoms with E-state index in [0.717, 1.165) is 43.1 Å². The first-order valence-corrected chi connectivity index (χ1v) is 12.8. The molecule has 2 heterocycles. The fraction of sp³-hybridized carbons (Fsp3) is 0.852. The van der Waals surface area contributed by atoms with Crippen LogP contribution >= 0.6 is 0 Å². The average Bonchev–Trinajstić information content (AvgIpc) is 3.23. The van der Waals surface area contributed by atoms with Crippen LogP contribution in [0.2, 0.25) is 0 Å². The van der Waals surface area contributed by atoms with Crippen molar-refractivity contribution < 1.29 is 9.84 Å². The second kappa shape index (κ2) is 6.68. The Balaban J connectivity index is 1.34. The highest BCUT2D eigenvalue weighted by Crippen LogP contribution is 2.65. The van der Waals surface area contributed by atoms with Crippen LogP contribution in [0.15, 0.2) is 22.8 Å². The molecule has 2 saturated heterocycles. The Morgan fingerprint density at radius 1 is 1.17 bits per heavy atom. The van der Waals surface area contributed by atoms with Crippen molar-refractivity contribution in [2.45, 2.75) is 103 Å². The number of rotatable bonds is 0. The summed E-state index contributed by atoms with van der Waals surface area (Å²) < 4.78 is 7.03. The number of aliphatic hydroxyl groups excluding tert-OH is 1. The Hall–Kier alpha value is -0.640. The zero-order chi connectivity index (χ0) is 20.8. The van der Waals surface area contributed by atoms with Crippen molar-refractivity contribution in [3.05, 3.63) is 22.8 Å². The van der Waals surface area contributed by atoms with Gasteiger partial charge in [-0.15, -0.1) is 0 Å². The zero-order valence-corrected chi connectivity index (χ0v) is 19.4. The molecule has 0 aromatic heterocycles. The molecule has 2 N–H and O–H groups in total. The molecule has 0 amide bonds. The third kappa shape index (κ3) is 2.55. The Labute approximate surface area is 182 Å².